The highest BCUT2D eigenvalue weighted by Crippen LogP contribution is 2.28. The fourth-order valence-electron chi connectivity index (χ4n) is 1.08. The van der Waals surface area contributed by atoms with Gasteiger partial charge in [-0.1, -0.05) is 28.1 Å². The molecule has 0 spiro atoms. The molecule has 0 amide bonds. The summed E-state index contributed by atoms with van der Waals surface area (Å²) in [6.45, 7) is 0. The molecule has 0 aromatic heterocycles. The van der Waals surface area contributed by atoms with Gasteiger partial charge in [0.25, 0.3) is 0 Å². The van der Waals surface area contributed by atoms with Crippen molar-refractivity contribution < 1.29 is 13.2 Å². The minimum Gasteiger partial charge on any atom is -0.324 e. The molecule has 0 saturated carbocycles. The summed E-state index contributed by atoms with van der Waals surface area (Å²) in [5.41, 5.74) is 5.89. The largest absolute Gasteiger partial charge is 0.390 e. The molecule has 1 aromatic rings. The maximum atomic E-state index is 12.0. The van der Waals surface area contributed by atoms with Crippen molar-refractivity contribution in [1.82, 2.24) is 0 Å². The number of nitrogens with two attached hydrogens (primary N) is 1. The van der Waals surface area contributed by atoms with Crippen molar-refractivity contribution in [3.8, 4) is 0 Å². The molecule has 0 aliphatic carbocycles. The first-order valence-electron chi connectivity index (χ1n) is 3.96. The predicted molar refractivity (Wildman–Crippen MR) is 59.0 cm³/mol. The molecule has 2 N–H and O–H groups in total. The molecule has 0 aliphatic heterocycles. The monoisotopic (exact) mass is 303 g/mol. The highest BCUT2D eigenvalue weighted by atomic mass is 79.9. The van der Waals surface area contributed by atoms with Gasteiger partial charge in [0.2, 0.25) is 0 Å². The molecule has 15 heavy (non-hydrogen) atoms. The van der Waals surface area contributed by atoms with E-state index in [1.807, 2.05) is 0 Å². The lowest BCUT2D eigenvalue weighted by atomic mass is 10.1. The molecule has 0 unspecified atom stereocenters. The van der Waals surface area contributed by atoms with Crippen LogP contribution in [0.25, 0.3) is 0 Å². The van der Waals surface area contributed by atoms with Crippen molar-refractivity contribution in [3.05, 3.63) is 34.3 Å². The zero-order chi connectivity index (χ0) is 10.8. The number of rotatable bonds is 2. The van der Waals surface area contributed by atoms with Crippen LogP contribution in [-0.4, -0.2) is 6.18 Å². The number of halogens is 5. The average Bonchev–Trinajstić information content (AvgIpc) is 2.02. The Morgan fingerprint density at radius 3 is 2.07 bits per heavy atom. The van der Waals surface area contributed by atoms with E-state index < -0.39 is 18.6 Å². The normalized spacial score (nSPS) is 13.1. The standard InChI is InChI=1S/C9H9BrF3N.ClH/c10-7-3-1-6(2-4-7)8(14)5-9(11,12)13;/h1-4,8H,5,14H2;1H/t8-;/m0./s1. The smallest absolute Gasteiger partial charge is 0.324 e. The SMILES string of the molecule is Cl.N[C@@H](CC(F)(F)F)c1ccc(Br)cc1. The number of hydrogen-bond donors (Lipinski definition) is 1. The lowest BCUT2D eigenvalue weighted by Gasteiger charge is -2.14. The summed E-state index contributed by atoms with van der Waals surface area (Å²) in [5, 5.41) is 0. The van der Waals surface area contributed by atoms with Gasteiger partial charge in [-0.2, -0.15) is 13.2 Å². The van der Waals surface area contributed by atoms with Gasteiger partial charge in [-0.3, -0.25) is 0 Å². The van der Waals surface area contributed by atoms with Crippen LogP contribution in [0, 0.1) is 0 Å². The zero-order valence-electron chi connectivity index (χ0n) is 7.59. The summed E-state index contributed by atoms with van der Waals surface area (Å²) in [5.74, 6) is 0. The molecule has 1 nitrogen and oxygen atoms in total. The second-order valence-corrected chi connectivity index (χ2v) is 3.89. The minimum absolute atomic E-state index is 0. The lowest BCUT2D eigenvalue weighted by molar-refractivity contribution is -0.138. The van der Waals surface area contributed by atoms with Crippen LogP contribution in [0.4, 0.5) is 13.2 Å². The van der Waals surface area contributed by atoms with Crippen LogP contribution in [-0.2, 0) is 0 Å². The van der Waals surface area contributed by atoms with Crippen molar-refractivity contribution in [3.63, 3.8) is 0 Å². The Hall–Kier alpha value is -0.260. The lowest BCUT2D eigenvalue weighted by Crippen LogP contribution is -2.20. The van der Waals surface area contributed by atoms with Crippen LogP contribution in [0.3, 0.4) is 0 Å². The van der Waals surface area contributed by atoms with Crippen LogP contribution >= 0.6 is 28.3 Å². The van der Waals surface area contributed by atoms with Gasteiger partial charge >= 0.3 is 6.18 Å². The Bertz CT molecular complexity index is 299. The average molecular weight is 305 g/mol. The van der Waals surface area contributed by atoms with Crippen LogP contribution in [0.2, 0.25) is 0 Å². The van der Waals surface area contributed by atoms with Gasteiger partial charge in [0.15, 0.2) is 0 Å². The van der Waals surface area contributed by atoms with E-state index in [1.54, 1.807) is 24.3 Å². The van der Waals surface area contributed by atoms with Crippen molar-refractivity contribution in [2.24, 2.45) is 5.73 Å². The summed E-state index contributed by atoms with van der Waals surface area (Å²) in [4.78, 5) is 0. The molecule has 6 heteroatoms. The zero-order valence-corrected chi connectivity index (χ0v) is 9.99. The Morgan fingerprint density at radius 1 is 1.20 bits per heavy atom. The Balaban J connectivity index is 0.00000196. The Morgan fingerprint density at radius 2 is 1.67 bits per heavy atom. The van der Waals surface area contributed by atoms with Crippen molar-refractivity contribution in [1.29, 1.82) is 0 Å². The van der Waals surface area contributed by atoms with Gasteiger partial charge in [-0.15, -0.1) is 12.4 Å². The van der Waals surface area contributed by atoms with Gasteiger partial charge < -0.3 is 5.73 Å². The van der Waals surface area contributed by atoms with E-state index in [4.69, 9.17) is 5.73 Å². The van der Waals surface area contributed by atoms with Crippen molar-refractivity contribution in [2.75, 3.05) is 0 Å². The molecule has 0 fully saturated rings. The summed E-state index contributed by atoms with van der Waals surface area (Å²) >= 11 is 3.19. The van der Waals surface area contributed by atoms with Gasteiger partial charge in [-0.05, 0) is 17.7 Å². The molecular weight excluding hydrogens is 294 g/mol. The van der Waals surface area contributed by atoms with E-state index in [9.17, 15) is 13.2 Å². The van der Waals surface area contributed by atoms with Gasteiger partial charge in [0, 0.05) is 10.5 Å². The molecule has 1 rings (SSSR count). The van der Waals surface area contributed by atoms with Crippen LogP contribution in [0.15, 0.2) is 28.7 Å². The van der Waals surface area contributed by atoms with Gasteiger partial charge in [0.1, 0.15) is 0 Å². The highest BCUT2D eigenvalue weighted by molar-refractivity contribution is 9.10. The molecule has 0 radical (unpaired) electrons. The first-order chi connectivity index (χ1) is 6.38. The maximum absolute atomic E-state index is 12.0. The topological polar surface area (TPSA) is 26.0 Å². The van der Waals surface area contributed by atoms with E-state index in [2.05, 4.69) is 15.9 Å². The molecule has 1 atom stereocenters. The Labute approximate surface area is 100 Å². The second-order valence-electron chi connectivity index (χ2n) is 2.98. The molecule has 0 aliphatic rings. The summed E-state index contributed by atoms with van der Waals surface area (Å²) in [6, 6.07) is 5.53. The Kier molecular flexibility index (Phi) is 5.62. The summed E-state index contributed by atoms with van der Waals surface area (Å²) in [6.07, 6.45) is -5.21. The molecule has 0 bridgehead atoms. The van der Waals surface area contributed by atoms with Crippen molar-refractivity contribution >= 4 is 28.3 Å². The van der Waals surface area contributed by atoms with Crippen LogP contribution in [0.1, 0.15) is 18.0 Å². The number of alkyl halides is 3. The second kappa shape index (κ2) is 5.72. The third kappa shape index (κ3) is 5.39. The van der Waals surface area contributed by atoms with E-state index in [1.165, 1.54) is 0 Å². The quantitative estimate of drug-likeness (QED) is 0.883. The fraction of sp³-hybridized carbons (Fsp3) is 0.333. The molecule has 1 aromatic carbocycles. The summed E-state index contributed by atoms with van der Waals surface area (Å²) < 4.78 is 36.8. The molecule has 86 valence electrons. The third-order valence-electron chi connectivity index (χ3n) is 1.75. The number of benzene rings is 1. The molecular formula is C9H10BrClF3N. The third-order valence-corrected chi connectivity index (χ3v) is 2.28. The van der Waals surface area contributed by atoms with E-state index in [-0.39, 0.29) is 12.4 Å². The first kappa shape index (κ1) is 14.7. The van der Waals surface area contributed by atoms with E-state index in [0.717, 1.165) is 4.47 Å². The maximum Gasteiger partial charge on any atom is 0.390 e. The summed E-state index contributed by atoms with van der Waals surface area (Å²) in [7, 11) is 0. The van der Waals surface area contributed by atoms with Crippen LogP contribution < -0.4 is 5.73 Å². The predicted octanol–water partition coefficient (Wildman–Crippen LogP) is 3.82. The van der Waals surface area contributed by atoms with Crippen molar-refractivity contribution in [2.45, 2.75) is 18.6 Å². The fourth-order valence-corrected chi connectivity index (χ4v) is 1.34. The minimum atomic E-state index is -4.22. The first-order valence-corrected chi connectivity index (χ1v) is 4.75. The molecule has 0 heterocycles. The van der Waals surface area contributed by atoms with Gasteiger partial charge in [-0.25, -0.2) is 0 Å². The highest BCUT2D eigenvalue weighted by Gasteiger charge is 2.30. The van der Waals surface area contributed by atoms with Crippen LogP contribution in [0.5, 0.6) is 0 Å². The van der Waals surface area contributed by atoms with Gasteiger partial charge in [0.05, 0.1) is 6.42 Å². The number of hydrogen-bond acceptors (Lipinski definition) is 1. The van der Waals surface area contributed by atoms with E-state index >= 15 is 0 Å². The molecule has 0 saturated heterocycles. The van der Waals surface area contributed by atoms with E-state index in [0.29, 0.717) is 5.56 Å².